The third-order valence-corrected chi connectivity index (χ3v) is 6.28. The van der Waals surface area contributed by atoms with Crippen LogP contribution in [0.4, 0.5) is 11.6 Å². The molecule has 0 aliphatic heterocycles. The zero-order valence-corrected chi connectivity index (χ0v) is 19.4. The lowest BCUT2D eigenvalue weighted by Crippen LogP contribution is -2.23. The number of ether oxygens (including phenoxy) is 1. The number of hydrogen-bond acceptors (Lipinski definition) is 7. The molecule has 1 atom stereocenters. The van der Waals surface area contributed by atoms with Crippen molar-refractivity contribution in [2.24, 2.45) is 0 Å². The van der Waals surface area contributed by atoms with E-state index in [9.17, 15) is 10.4 Å². The molecule has 8 heteroatoms. The summed E-state index contributed by atoms with van der Waals surface area (Å²) in [5, 5.41) is 26.5. The molecule has 33 heavy (non-hydrogen) atoms. The van der Waals surface area contributed by atoms with Crippen molar-refractivity contribution in [3.8, 4) is 23.1 Å². The Labute approximate surface area is 198 Å². The largest absolute Gasteiger partial charge is 0.490 e. The molecule has 0 fully saturated rings. The Morgan fingerprint density at radius 2 is 2.12 bits per heavy atom. The summed E-state index contributed by atoms with van der Waals surface area (Å²) in [5.74, 6) is 1.03. The Bertz CT molecular complexity index is 1210. The van der Waals surface area contributed by atoms with E-state index in [0.717, 1.165) is 29.5 Å². The molecular formula is C25H26ClN5O2. The number of rotatable bonds is 8. The molecule has 1 aliphatic rings. The van der Waals surface area contributed by atoms with Crippen LogP contribution in [0.25, 0.3) is 11.3 Å². The van der Waals surface area contributed by atoms with Gasteiger partial charge in [0.15, 0.2) is 0 Å². The van der Waals surface area contributed by atoms with E-state index in [1.54, 1.807) is 24.4 Å². The molecule has 0 spiro atoms. The second-order valence-electron chi connectivity index (χ2n) is 8.36. The van der Waals surface area contributed by atoms with Crippen molar-refractivity contribution in [3.05, 3.63) is 64.3 Å². The number of aliphatic hydroxyl groups is 1. The number of benzene rings is 2. The van der Waals surface area contributed by atoms with Gasteiger partial charge in [-0.25, -0.2) is 9.97 Å². The molecule has 170 valence electrons. The van der Waals surface area contributed by atoms with Crippen molar-refractivity contribution < 1.29 is 9.84 Å². The summed E-state index contributed by atoms with van der Waals surface area (Å²) in [6.45, 7) is 3.28. The monoisotopic (exact) mass is 463 g/mol. The SMILES string of the molecule is CNCCOc1ccc(Cl)cc1Nc1nccc(-c2cc(C#N)c3c(c2)C(C)(CO)CC3)n1. The third kappa shape index (κ3) is 4.79. The van der Waals surface area contributed by atoms with Crippen LogP contribution in [0.15, 0.2) is 42.6 Å². The number of anilines is 2. The van der Waals surface area contributed by atoms with E-state index in [-0.39, 0.29) is 12.0 Å². The van der Waals surface area contributed by atoms with E-state index in [2.05, 4.69) is 26.7 Å². The van der Waals surface area contributed by atoms with Gasteiger partial charge in [0, 0.05) is 28.7 Å². The molecule has 0 radical (unpaired) electrons. The van der Waals surface area contributed by atoms with Gasteiger partial charge < -0.3 is 20.5 Å². The quantitative estimate of drug-likeness (QED) is 0.430. The Morgan fingerprint density at radius 1 is 1.27 bits per heavy atom. The van der Waals surface area contributed by atoms with E-state index in [0.29, 0.717) is 46.8 Å². The second-order valence-corrected chi connectivity index (χ2v) is 8.80. The highest BCUT2D eigenvalue weighted by molar-refractivity contribution is 6.31. The maximum Gasteiger partial charge on any atom is 0.227 e. The van der Waals surface area contributed by atoms with Crippen molar-refractivity contribution >= 4 is 23.2 Å². The molecule has 4 rings (SSSR count). The van der Waals surface area contributed by atoms with E-state index in [1.165, 1.54) is 0 Å². The summed E-state index contributed by atoms with van der Waals surface area (Å²) in [7, 11) is 1.86. The predicted octanol–water partition coefficient (Wildman–Crippen LogP) is 4.21. The molecule has 1 heterocycles. The standard InChI is InChI=1S/C25H26ClN5O2/c1-25(15-32)7-5-19-17(14-27)11-16(12-20(19)25)21-6-8-29-24(30-21)31-22-13-18(26)3-4-23(22)33-10-9-28-2/h3-4,6,8,11-13,28,32H,5,7,9-10,15H2,1-2H3,(H,29,30,31). The van der Waals surface area contributed by atoms with Gasteiger partial charge >= 0.3 is 0 Å². The fourth-order valence-corrected chi connectivity index (χ4v) is 4.29. The Kier molecular flexibility index (Phi) is 6.80. The number of nitrogens with one attached hydrogen (secondary N) is 2. The number of nitrogens with zero attached hydrogens (tertiary/aromatic N) is 3. The van der Waals surface area contributed by atoms with Gasteiger partial charge in [0.2, 0.25) is 5.95 Å². The predicted molar refractivity (Wildman–Crippen MR) is 129 cm³/mol. The molecule has 3 aromatic rings. The van der Waals surface area contributed by atoms with E-state index < -0.39 is 0 Å². The van der Waals surface area contributed by atoms with Gasteiger partial charge in [-0.2, -0.15) is 5.26 Å². The number of halogens is 1. The normalized spacial score (nSPS) is 16.8. The van der Waals surface area contributed by atoms with Crippen LogP contribution in [0.1, 0.15) is 30.0 Å². The zero-order chi connectivity index (χ0) is 23.4. The van der Waals surface area contributed by atoms with Crippen molar-refractivity contribution in [2.75, 3.05) is 32.1 Å². The van der Waals surface area contributed by atoms with Crippen LogP contribution in [0.5, 0.6) is 5.75 Å². The summed E-state index contributed by atoms with van der Waals surface area (Å²) in [6.07, 6.45) is 3.27. The first-order valence-corrected chi connectivity index (χ1v) is 11.2. The molecule has 0 amide bonds. The van der Waals surface area contributed by atoms with Crippen molar-refractivity contribution in [1.82, 2.24) is 15.3 Å². The summed E-state index contributed by atoms with van der Waals surface area (Å²) in [6, 6.07) is 13.4. The van der Waals surface area contributed by atoms with Crippen LogP contribution in [0.3, 0.4) is 0 Å². The fourth-order valence-electron chi connectivity index (χ4n) is 4.12. The minimum atomic E-state index is -0.356. The number of aliphatic hydroxyl groups excluding tert-OH is 1. The van der Waals surface area contributed by atoms with Gasteiger partial charge in [0.1, 0.15) is 12.4 Å². The minimum absolute atomic E-state index is 0.0377. The third-order valence-electron chi connectivity index (χ3n) is 6.05. The van der Waals surface area contributed by atoms with Gasteiger partial charge in [-0.1, -0.05) is 18.5 Å². The van der Waals surface area contributed by atoms with Gasteiger partial charge in [-0.05, 0) is 67.4 Å². The number of aromatic nitrogens is 2. The lowest BCUT2D eigenvalue weighted by molar-refractivity contribution is 0.206. The fraction of sp³-hybridized carbons (Fsp3) is 0.320. The summed E-state index contributed by atoms with van der Waals surface area (Å²) in [5.41, 5.74) is 4.46. The zero-order valence-electron chi connectivity index (χ0n) is 18.7. The Hall–Kier alpha value is -3.18. The molecule has 0 saturated heterocycles. The highest BCUT2D eigenvalue weighted by Gasteiger charge is 2.35. The van der Waals surface area contributed by atoms with Gasteiger partial charge in [-0.3, -0.25) is 0 Å². The number of fused-ring (bicyclic) bond motifs is 1. The first-order chi connectivity index (χ1) is 16.0. The van der Waals surface area contributed by atoms with E-state index in [1.807, 2.05) is 32.2 Å². The highest BCUT2D eigenvalue weighted by atomic mass is 35.5. The Balaban J connectivity index is 1.67. The molecule has 1 aliphatic carbocycles. The van der Waals surface area contributed by atoms with Gasteiger partial charge in [-0.15, -0.1) is 0 Å². The molecule has 2 aromatic carbocycles. The van der Waals surface area contributed by atoms with Crippen molar-refractivity contribution in [1.29, 1.82) is 5.26 Å². The number of nitriles is 1. The lowest BCUT2D eigenvalue weighted by Gasteiger charge is -2.23. The molecule has 3 N–H and O–H groups in total. The second kappa shape index (κ2) is 9.75. The van der Waals surface area contributed by atoms with E-state index in [4.69, 9.17) is 16.3 Å². The molecule has 7 nitrogen and oxygen atoms in total. The van der Waals surface area contributed by atoms with Crippen LogP contribution in [-0.2, 0) is 11.8 Å². The molecule has 0 saturated carbocycles. The van der Waals surface area contributed by atoms with Crippen LogP contribution in [0, 0.1) is 11.3 Å². The van der Waals surface area contributed by atoms with Crippen molar-refractivity contribution in [3.63, 3.8) is 0 Å². The van der Waals surface area contributed by atoms with E-state index >= 15 is 0 Å². The number of likely N-dealkylation sites (N-methyl/N-ethyl adjacent to an activating group) is 1. The molecule has 1 unspecified atom stereocenters. The molecule has 1 aromatic heterocycles. The summed E-state index contributed by atoms with van der Waals surface area (Å²) >= 11 is 6.20. The smallest absolute Gasteiger partial charge is 0.227 e. The molecule has 0 bridgehead atoms. The van der Waals surface area contributed by atoms with Crippen LogP contribution < -0.4 is 15.4 Å². The first-order valence-electron chi connectivity index (χ1n) is 10.8. The average molecular weight is 464 g/mol. The summed E-state index contributed by atoms with van der Waals surface area (Å²) in [4.78, 5) is 9.02. The van der Waals surface area contributed by atoms with Gasteiger partial charge in [0.25, 0.3) is 0 Å². The topological polar surface area (TPSA) is 103 Å². The van der Waals surface area contributed by atoms with Crippen LogP contribution in [-0.4, -0.2) is 41.9 Å². The molecular weight excluding hydrogens is 438 g/mol. The minimum Gasteiger partial charge on any atom is -0.490 e. The first kappa shape index (κ1) is 23.0. The summed E-state index contributed by atoms with van der Waals surface area (Å²) < 4.78 is 5.84. The van der Waals surface area contributed by atoms with Crippen molar-refractivity contribution in [2.45, 2.75) is 25.2 Å². The average Bonchev–Trinajstić information content (AvgIpc) is 3.17. The maximum atomic E-state index is 9.99. The highest BCUT2D eigenvalue weighted by Crippen LogP contribution is 2.42. The van der Waals surface area contributed by atoms with Gasteiger partial charge in [0.05, 0.1) is 29.6 Å². The van der Waals surface area contributed by atoms with Crippen LogP contribution in [0.2, 0.25) is 5.02 Å². The maximum absolute atomic E-state index is 9.99. The lowest BCUT2D eigenvalue weighted by atomic mass is 9.83. The number of hydrogen-bond donors (Lipinski definition) is 3. The van der Waals surface area contributed by atoms with Crippen LogP contribution >= 0.6 is 11.6 Å². The Morgan fingerprint density at radius 3 is 2.88 bits per heavy atom.